The highest BCUT2D eigenvalue weighted by Crippen LogP contribution is 2.33. The Bertz CT molecular complexity index is 805. The van der Waals surface area contributed by atoms with Gasteiger partial charge in [-0.25, -0.2) is 13.6 Å². The number of amides is 2. The maximum absolute atomic E-state index is 13.1. The first-order valence-electron chi connectivity index (χ1n) is 7.94. The fourth-order valence-corrected chi connectivity index (χ4v) is 2.63. The quantitative estimate of drug-likeness (QED) is 0.610. The fourth-order valence-electron chi connectivity index (χ4n) is 2.17. The van der Waals surface area contributed by atoms with Gasteiger partial charge in [-0.1, -0.05) is 15.9 Å². The van der Waals surface area contributed by atoms with Crippen LogP contribution in [0.25, 0.3) is 0 Å². The molecule has 0 spiro atoms. The van der Waals surface area contributed by atoms with Gasteiger partial charge in [0.2, 0.25) is 0 Å². The van der Waals surface area contributed by atoms with Crippen molar-refractivity contribution >= 4 is 22.0 Å². The van der Waals surface area contributed by atoms with E-state index in [9.17, 15) is 13.6 Å². The summed E-state index contributed by atoms with van der Waals surface area (Å²) >= 11 is 3.42. The highest BCUT2D eigenvalue weighted by molar-refractivity contribution is 9.10. The average molecular weight is 445 g/mol. The van der Waals surface area contributed by atoms with Crippen molar-refractivity contribution in [2.45, 2.75) is 6.54 Å². The van der Waals surface area contributed by atoms with Crippen LogP contribution in [-0.4, -0.2) is 33.4 Å². The number of carbonyl (C=O) groups is 1. The summed E-state index contributed by atoms with van der Waals surface area (Å²) in [5, 5.41) is 5.31. The van der Waals surface area contributed by atoms with Crippen molar-refractivity contribution in [3.63, 3.8) is 0 Å². The minimum Gasteiger partial charge on any atom is -0.493 e. The van der Waals surface area contributed by atoms with Crippen LogP contribution in [0.15, 0.2) is 34.8 Å². The molecule has 0 radical (unpaired) electrons. The molecule has 0 aliphatic rings. The van der Waals surface area contributed by atoms with Crippen LogP contribution in [0.3, 0.4) is 0 Å². The number of methoxy groups -OCH3 is 2. The molecule has 27 heavy (non-hydrogen) atoms. The van der Waals surface area contributed by atoms with Crippen molar-refractivity contribution in [3.05, 3.63) is 52.0 Å². The Kier molecular flexibility index (Phi) is 7.66. The molecule has 146 valence electrons. The van der Waals surface area contributed by atoms with E-state index >= 15 is 0 Å². The van der Waals surface area contributed by atoms with Gasteiger partial charge in [-0.05, 0) is 29.8 Å². The fraction of sp³-hybridized carbons (Fsp3) is 0.278. The van der Waals surface area contributed by atoms with Crippen LogP contribution in [0.4, 0.5) is 13.6 Å². The van der Waals surface area contributed by atoms with Gasteiger partial charge in [0.25, 0.3) is 0 Å². The van der Waals surface area contributed by atoms with Crippen LogP contribution in [0.5, 0.6) is 17.2 Å². The second-order valence-electron chi connectivity index (χ2n) is 5.33. The number of hydrogen-bond donors (Lipinski definition) is 2. The number of hydrogen-bond acceptors (Lipinski definition) is 4. The van der Waals surface area contributed by atoms with E-state index in [1.165, 1.54) is 20.3 Å². The van der Waals surface area contributed by atoms with Crippen LogP contribution in [0, 0.1) is 11.6 Å². The number of halogens is 3. The molecule has 0 unspecified atom stereocenters. The first kappa shape index (κ1) is 20.8. The zero-order chi connectivity index (χ0) is 19.8. The summed E-state index contributed by atoms with van der Waals surface area (Å²) in [6, 6.07) is 6.35. The lowest BCUT2D eigenvalue weighted by atomic mass is 10.2. The van der Waals surface area contributed by atoms with Gasteiger partial charge in [0.15, 0.2) is 23.1 Å². The molecule has 0 bridgehead atoms. The molecule has 6 nitrogen and oxygen atoms in total. The molecule has 9 heteroatoms. The van der Waals surface area contributed by atoms with Crippen LogP contribution < -0.4 is 24.8 Å². The predicted octanol–water partition coefficient (Wildman–Crippen LogP) is 3.62. The topological polar surface area (TPSA) is 68.8 Å². The van der Waals surface area contributed by atoms with Crippen molar-refractivity contribution in [3.8, 4) is 17.2 Å². The zero-order valence-electron chi connectivity index (χ0n) is 14.8. The van der Waals surface area contributed by atoms with Crippen molar-refractivity contribution in [1.82, 2.24) is 10.6 Å². The van der Waals surface area contributed by atoms with Crippen molar-refractivity contribution < 1.29 is 27.8 Å². The van der Waals surface area contributed by atoms with E-state index in [1.54, 1.807) is 12.1 Å². The first-order chi connectivity index (χ1) is 12.9. The third-order valence-corrected chi connectivity index (χ3v) is 4.28. The van der Waals surface area contributed by atoms with Crippen LogP contribution in [0.1, 0.15) is 5.56 Å². The molecular weight excluding hydrogens is 426 g/mol. The van der Waals surface area contributed by atoms with Crippen molar-refractivity contribution in [1.29, 1.82) is 0 Å². The van der Waals surface area contributed by atoms with Gasteiger partial charge in [0.1, 0.15) is 12.4 Å². The average Bonchev–Trinajstić information content (AvgIpc) is 2.66. The van der Waals surface area contributed by atoms with Gasteiger partial charge in [0.05, 0.1) is 20.8 Å². The maximum Gasteiger partial charge on any atom is 0.315 e. The third kappa shape index (κ3) is 5.99. The summed E-state index contributed by atoms with van der Waals surface area (Å²) in [6.07, 6.45) is 0. The lowest BCUT2D eigenvalue weighted by molar-refractivity contribution is 0.236. The Labute approximate surface area is 163 Å². The molecule has 0 heterocycles. The normalized spacial score (nSPS) is 10.3. The highest BCUT2D eigenvalue weighted by Gasteiger charge is 2.10. The van der Waals surface area contributed by atoms with E-state index in [0.29, 0.717) is 11.5 Å². The SMILES string of the molecule is COc1cc(Br)c(CNC(=O)NCCOc2ccc(F)c(F)c2)cc1OC. The van der Waals surface area contributed by atoms with E-state index in [0.717, 1.165) is 22.2 Å². The lowest BCUT2D eigenvalue weighted by Gasteiger charge is -2.13. The van der Waals surface area contributed by atoms with Crippen LogP contribution in [0.2, 0.25) is 0 Å². The number of carbonyl (C=O) groups excluding carboxylic acids is 1. The smallest absolute Gasteiger partial charge is 0.315 e. The molecule has 2 aromatic rings. The second-order valence-corrected chi connectivity index (χ2v) is 6.19. The van der Waals surface area contributed by atoms with Crippen LogP contribution >= 0.6 is 15.9 Å². The minimum atomic E-state index is -0.987. The molecule has 0 aliphatic heterocycles. The Morgan fingerprint density at radius 2 is 1.74 bits per heavy atom. The highest BCUT2D eigenvalue weighted by atomic mass is 79.9. The maximum atomic E-state index is 13.1. The standard InChI is InChI=1S/C18H19BrF2N2O4/c1-25-16-7-11(13(19)9-17(16)26-2)10-23-18(24)22-5-6-27-12-3-4-14(20)15(21)8-12/h3-4,7-9H,5-6,10H2,1-2H3,(H2,22,23,24). The summed E-state index contributed by atoms with van der Waals surface area (Å²) in [4.78, 5) is 11.9. The Morgan fingerprint density at radius 3 is 2.41 bits per heavy atom. The molecule has 2 amide bonds. The summed E-state index contributed by atoms with van der Waals surface area (Å²) in [6.45, 7) is 0.563. The van der Waals surface area contributed by atoms with Gasteiger partial charge in [-0.3, -0.25) is 0 Å². The van der Waals surface area contributed by atoms with E-state index in [2.05, 4.69) is 26.6 Å². The molecule has 0 aromatic heterocycles. The van der Waals surface area contributed by atoms with Crippen LogP contribution in [-0.2, 0) is 6.54 Å². The van der Waals surface area contributed by atoms with E-state index in [4.69, 9.17) is 14.2 Å². The molecule has 2 aromatic carbocycles. The monoisotopic (exact) mass is 444 g/mol. The summed E-state index contributed by atoms with van der Waals surface area (Å²) in [5.74, 6) is -0.616. The number of benzene rings is 2. The first-order valence-corrected chi connectivity index (χ1v) is 8.74. The summed E-state index contributed by atoms with van der Waals surface area (Å²) < 4.78 is 42.3. The number of rotatable bonds is 8. The van der Waals surface area contributed by atoms with E-state index in [-0.39, 0.29) is 25.4 Å². The molecular formula is C18H19BrF2N2O4. The molecule has 0 saturated carbocycles. The number of nitrogens with one attached hydrogen (secondary N) is 2. The van der Waals surface area contributed by atoms with E-state index in [1.807, 2.05) is 0 Å². The zero-order valence-corrected chi connectivity index (χ0v) is 16.4. The Balaban J connectivity index is 1.77. The van der Waals surface area contributed by atoms with Crippen molar-refractivity contribution in [2.75, 3.05) is 27.4 Å². The summed E-state index contributed by atoms with van der Waals surface area (Å²) in [5.41, 5.74) is 0.806. The Morgan fingerprint density at radius 1 is 1.04 bits per heavy atom. The predicted molar refractivity (Wildman–Crippen MR) is 99.3 cm³/mol. The van der Waals surface area contributed by atoms with Gasteiger partial charge < -0.3 is 24.8 Å². The minimum absolute atomic E-state index is 0.110. The van der Waals surface area contributed by atoms with Gasteiger partial charge in [-0.15, -0.1) is 0 Å². The molecule has 0 fully saturated rings. The third-order valence-electron chi connectivity index (χ3n) is 3.54. The van der Waals surface area contributed by atoms with Gasteiger partial charge >= 0.3 is 6.03 Å². The molecule has 0 aliphatic carbocycles. The molecule has 0 atom stereocenters. The molecule has 2 rings (SSSR count). The van der Waals surface area contributed by atoms with Gasteiger partial charge in [-0.2, -0.15) is 0 Å². The lowest BCUT2D eigenvalue weighted by Crippen LogP contribution is -2.37. The Hall–Kier alpha value is -2.55. The number of urea groups is 1. The van der Waals surface area contributed by atoms with Crippen molar-refractivity contribution in [2.24, 2.45) is 0 Å². The van der Waals surface area contributed by atoms with Gasteiger partial charge in [0, 0.05) is 17.1 Å². The van der Waals surface area contributed by atoms with E-state index < -0.39 is 17.7 Å². The summed E-state index contributed by atoms with van der Waals surface area (Å²) in [7, 11) is 3.07. The largest absolute Gasteiger partial charge is 0.493 e. The molecule has 0 saturated heterocycles. The second kappa shape index (κ2) is 9.96. The number of ether oxygens (including phenoxy) is 3. The molecule has 2 N–H and O–H groups in total.